The van der Waals surface area contributed by atoms with E-state index in [0.29, 0.717) is 26.1 Å². The fourth-order valence-corrected chi connectivity index (χ4v) is 0.646. The lowest BCUT2D eigenvalue weighted by molar-refractivity contribution is -0.144. The standard InChI is InChI=1S/C7H12O4/c8-3-1-2-7(9)11-5-6-4-10-6/h6,8H,1-5H2. The van der Waals surface area contributed by atoms with Crippen LogP contribution in [0.15, 0.2) is 0 Å². The number of aliphatic hydroxyl groups is 1. The van der Waals surface area contributed by atoms with Crippen molar-refractivity contribution < 1.29 is 19.4 Å². The molecule has 4 nitrogen and oxygen atoms in total. The second-order valence-corrected chi connectivity index (χ2v) is 2.47. The van der Waals surface area contributed by atoms with Gasteiger partial charge in [0.2, 0.25) is 0 Å². The molecular formula is C7H12O4. The fraction of sp³-hybridized carbons (Fsp3) is 0.857. The van der Waals surface area contributed by atoms with E-state index in [9.17, 15) is 4.79 Å². The molecule has 0 radical (unpaired) electrons. The van der Waals surface area contributed by atoms with Crippen molar-refractivity contribution >= 4 is 5.97 Å². The van der Waals surface area contributed by atoms with E-state index >= 15 is 0 Å². The van der Waals surface area contributed by atoms with Crippen molar-refractivity contribution in [3.63, 3.8) is 0 Å². The molecule has 4 heteroatoms. The summed E-state index contributed by atoms with van der Waals surface area (Å²) in [5.41, 5.74) is 0. The third kappa shape index (κ3) is 3.95. The lowest BCUT2D eigenvalue weighted by atomic mass is 10.3. The summed E-state index contributed by atoms with van der Waals surface area (Å²) < 4.78 is 9.63. The largest absolute Gasteiger partial charge is 0.463 e. The number of ether oxygens (including phenoxy) is 2. The molecule has 1 fully saturated rings. The molecular weight excluding hydrogens is 148 g/mol. The van der Waals surface area contributed by atoms with Gasteiger partial charge in [-0.2, -0.15) is 0 Å². The summed E-state index contributed by atoms with van der Waals surface area (Å²) >= 11 is 0. The predicted octanol–water partition coefficient (Wildman–Crippen LogP) is -0.299. The van der Waals surface area contributed by atoms with Gasteiger partial charge in [-0.25, -0.2) is 0 Å². The maximum Gasteiger partial charge on any atom is 0.305 e. The summed E-state index contributed by atoms with van der Waals surface area (Å²) in [4.78, 5) is 10.7. The highest BCUT2D eigenvalue weighted by Crippen LogP contribution is 2.08. The first-order valence-electron chi connectivity index (χ1n) is 3.71. The number of rotatable bonds is 5. The summed E-state index contributed by atoms with van der Waals surface area (Å²) in [7, 11) is 0. The molecule has 0 spiro atoms. The Morgan fingerprint density at radius 2 is 2.45 bits per heavy atom. The van der Waals surface area contributed by atoms with E-state index in [4.69, 9.17) is 14.6 Å². The van der Waals surface area contributed by atoms with Crippen molar-refractivity contribution in [2.75, 3.05) is 19.8 Å². The van der Waals surface area contributed by atoms with E-state index in [0.717, 1.165) is 0 Å². The molecule has 1 unspecified atom stereocenters. The maximum absolute atomic E-state index is 10.7. The Balaban J connectivity index is 1.91. The van der Waals surface area contributed by atoms with Gasteiger partial charge in [0, 0.05) is 13.0 Å². The van der Waals surface area contributed by atoms with Gasteiger partial charge in [-0.15, -0.1) is 0 Å². The lowest BCUT2D eigenvalue weighted by Gasteiger charge is -2.00. The highest BCUT2D eigenvalue weighted by atomic mass is 16.6. The molecule has 1 atom stereocenters. The van der Waals surface area contributed by atoms with Gasteiger partial charge in [-0.3, -0.25) is 4.79 Å². The summed E-state index contributed by atoms with van der Waals surface area (Å²) in [6, 6.07) is 0. The van der Waals surface area contributed by atoms with Crippen molar-refractivity contribution in [3.8, 4) is 0 Å². The van der Waals surface area contributed by atoms with Gasteiger partial charge in [-0.1, -0.05) is 0 Å². The van der Waals surface area contributed by atoms with Crippen LogP contribution in [0.3, 0.4) is 0 Å². The van der Waals surface area contributed by atoms with Crippen molar-refractivity contribution in [2.24, 2.45) is 0 Å². The molecule has 1 aliphatic rings. The van der Waals surface area contributed by atoms with Crippen LogP contribution in [0, 0.1) is 0 Å². The molecule has 1 aliphatic heterocycles. The summed E-state index contributed by atoms with van der Waals surface area (Å²) in [5.74, 6) is -0.255. The monoisotopic (exact) mass is 160 g/mol. The third-order valence-electron chi connectivity index (χ3n) is 1.37. The molecule has 0 bridgehead atoms. The molecule has 0 aromatic heterocycles. The highest BCUT2D eigenvalue weighted by Gasteiger charge is 2.23. The first-order valence-corrected chi connectivity index (χ1v) is 3.71. The SMILES string of the molecule is O=C(CCCO)OCC1CO1. The average Bonchev–Trinajstić information content (AvgIpc) is 2.80. The Labute approximate surface area is 65.1 Å². The molecule has 1 rings (SSSR count). The quantitative estimate of drug-likeness (QED) is 0.443. The topological polar surface area (TPSA) is 59.1 Å². The van der Waals surface area contributed by atoms with E-state index in [1.165, 1.54) is 0 Å². The zero-order valence-electron chi connectivity index (χ0n) is 6.28. The number of carbonyl (C=O) groups excluding carboxylic acids is 1. The molecule has 0 aliphatic carbocycles. The molecule has 64 valence electrons. The van der Waals surface area contributed by atoms with Gasteiger partial charge < -0.3 is 14.6 Å². The second-order valence-electron chi connectivity index (χ2n) is 2.47. The van der Waals surface area contributed by atoms with Crippen LogP contribution < -0.4 is 0 Å². The van der Waals surface area contributed by atoms with Crippen LogP contribution in [-0.4, -0.2) is 37.0 Å². The Morgan fingerprint density at radius 3 is 3.00 bits per heavy atom. The van der Waals surface area contributed by atoms with Crippen LogP contribution in [0.25, 0.3) is 0 Å². The van der Waals surface area contributed by atoms with Crippen molar-refractivity contribution in [3.05, 3.63) is 0 Å². The van der Waals surface area contributed by atoms with Gasteiger partial charge in [0.05, 0.1) is 6.61 Å². The van der Waals surface area contributed by atoms with Gasteiger partial charge in [0.15, 0.2) is 0 Å². The number of epoxide rings is 1. The van der Waals surface area contributed by atoms with Gasteiger partial charge in [-0.05, 0) is 6.42 Å². The summed E-state index contributed by atoms with van der Waals surface area (Å²) in [6.07, 6.45) is 0.904. The molecule has 0 saturated carbocycles. The van der Waals surface area contributed by atoms with E-state index < -0.39 is 0 Å². The molecule has 1 saturated heterocycles. The zero-order valence-corrected chi connectivity index (χ0v) is 6.28. The van der Waals surface area contributed by atoms with Crippen LogP contribution >= 0.6 is 0 Å². The number of aliphatic hydroxyl groups excluding tert-OH is 1. The van der Waals surface area contributed by atoms with E-state index in [1.54, 1.807) is 0 Å². The number of carbonyl (C=O) groups is 1. The Morgan fingerprint density at radius 1 is 1.73 bits per heavy atom. The van der Waals surface area contributed by atoms with Crippen LogP contribution in [-0.2, 0) is 14.3 Å². The molecule has 0 amide bonds. The third-order valence-corrected chi connectivity index (χ3v) is 1.37. The van der Waals surface area contributed by atoms with Gasteiger partial charge in [0.1, 0.15) is 12.7 Å². The van der Waals surface area contributed by atoms with Crippen molar-refractivity contribution in [2.45, 2.75) is 18.9 Å². The van der Waals surface area contributed by atoms with Crippen LogP contribution in [0.2, 0.25) is 0 Å². The summed E-state index contributed by atoms with van der Waals surface area (Å²) in [5, 5.41) is 8.37. The minimum atomic E-state index is -0.255. The lowest BCUT2D eigenvalue weighted by Crippen LogP contribution is -2.09. The fourth-order valence-electron chi connectivity index (χ4n) is 0.646. The van der Waals surface area contributed by atoms with Crippen LogP contribution in [0.1, 0.15) is 12.8 Å². The molecule has 1 N–H and O–H groups in total. The van der Waals surface area contributed by atoms with E-state index in [2.05, 4.69) is 0 Å². The average molecular weight is 160 g/mol. The minimum absolute atomic E-state index is 0.0367. The zero-order chi connectivity index (χ0) is 8.10. The Hall–Kier alpha value is -0.610. The first-order chi connectivity index (χ1) is 5.33. The molecule has 1 heterocycles. The normalized spacial score (nSPS) is 21.4. The molecule has 11 heavy (non-hydrogen) atoms. The van der Waals surface area contributed by atoms with Crippen LogP contribution in [0.5, 0.6) is 0 Å². The molecule has 0 aromatic rings. The van der Waals surface area contributed by atoms with Crippen molar-refractivity contribution in [1.29, 1.82) is 0 Å². The predicted molar refractivity (Wildman–Crippen MR) is 37.0 cm³/mol. The minimum Gasteiger partial charge on any atom is -0.463 e. The van der Waals surface area contributed by atoms with E-state index in [1.807, 2.05) is 0 Å². The smallest absolute Gasteiger partial charge is 0.305 e. The number of hydrogen-bond donors (Lipinski definition) is 1. The maximum atomic E-state index is 10.7. The molecule has 0 aromatic carbocycles. The number of hydrogen-bond acceptors (Lipinski definition) is 4. The van der Waals surface area contributed by atoms with E-state index in [-0.39, 0.29) is 18.7 Å². The highest BCUT2D eigenvalue weighted by molar-refractivity contribution is 5.69. The Kier molecular flexibility index (Phi) is 3.32. The van der Waals surface area contributed by atoms with Gasteiger partial charge >= 0.3 is 5.97 Å². The van der Waals surface area contributed by atoms with Crippen molar-refractivity contribution in [1.82, 2.24) is 0 Å². The second kappa shape index (κ2) is 4.31. The van der Waals surface area contributed by atoms with Gasteiger partial charge in [0.25, 0.3) is 0 Å². The summed E-state index contributed by atoms with van der Waals surface area (Å²) in [6.45, 7) is 1.10. The number of esters is 1. The first kappa shape index (κ1) is 8.49. The van der Waals surface area contributed by atoms with Crippen LogP contribution in [0.4, 0.5) is 0 Å². The Bertz CT molecular complexity index is 130.